The number of aromatic nitrogens is 1. The third-order valence-corrected chi connectivity index (χ3v) is 3.18. The van der Waals surface area contributed by atoms with Crippen molar-refractivity contribution in [2.75, 3.05) is 25.1 Å². The molecule has 0 fully saturated rings. The lowest BCUT2D eigenvalue weighted by Gasteiger charge is -2.19. The van der Waals surface area contributed by atoms with Crippen LogP contribution >= 0.6 is 0 Å². The molecule has 1 aliphatic rings. The number of hydrogen-bond acceptors (Lipinski definition) is 4. The van der Waals surface area contributed by atoms with Crippen molar-refractivity contribution in [3.63, 3.8) is 0 Å². The molecular weight excluding hydrogens is 278 g/mol. The van der Waals surface area contributed by atoms with Crippen LogP contribution in [0, 0.1) is 11.6 Å². The summed E-state index contributed by atoms with van der Waals surface area (Å²) in [5, 5.41) is 2.75. The molecule has 0 saturated carbocycles. The fraction of sp³-hybridized carbons (Fsp3) is 0.267. The molecule has 3 rings (SSSR count). The topological polar surface area (TPSA) is 43.4 Å². The second-order valence-electron chi connectivity index (χ2n) is 4.63. The van der Waals surface area contributed by atoms with Crippen LogP contribution in [-0.2, 0) is 6.42 Å². The number of halogens is 2. The van der Waals surface area contributed by atoms with E-state index in [4.69, 9.17) is 9.47 Å². The second-order valence-corrected chi connectivity index (χ2v) is 4.63. The molecule has 1 N–H and O–H groups in total. The molecule has 0 unspecified atom stereocenters. The predicted octanol–water partition coefficient (Wildman–Crippen LogP) is 2.79. The maximum atomic E-state index is 13.4. The number of ether oxygens (including phenoxy) is 2. The normalized spacial score (nSPS) is 13.0. The van der Waals surface area contributed by atoms with E-state index in [2.05, 4.69) is 10.3 Å². The van der Waals surface area contributed by atoms with Crippen molar-refractivity contribution in [2.45, 2.75) is 6.42 Å². The predicted molar refractivity (Wildman–Crippen MR) is 73.8 cm³/mol. The first-order valence-electron chi connectivity index (χ1n) is 6.65. The summed E-state index contributed by atoms with van der Waals surface area (Å²) in [5.41, 5.74) is 0.851. The van der Waals surface area contributed by atoms with Crippen LogP contribution in [0.3, 0.4) is 0 Å². The van der Waals surface area contributed by atoms with Crippen molar-refractivity contribution in [2.24, 2.45) is 0 Å². The number of nitrogens with zero attached hydrogens (tertiary/aromatic N) is 1. The minimum Gasteiger partial charge on any atom is -0.486 e. The summed E-state index contributed by atoms with van der Waals surface area (Å²) in [5.74, 6) is 0.0403. The van der Waals surface area contributed by atoms with Gasteiger partial charge in [0, 0.05) is 6.54 Å². The van der Waals surface area contributed by atoms with Crippen molar-refractivity contribution in [3.05, 3.63) is 47.8 Å². The fourth-order valence-electron chi connectivity index (χ4n) is 2.16. The summed E-state index contributed by atoms with van der Waals surface area (Å²) in [6.45, 7) is 1.48. The Hall–Kier alpha value is -2.37. The third-order valence-electron chi connectivity index (χ3n) is 3.18. The van der Waals surface area contributed by atoms with E-state index in [0.717, 1.165) is 23.7 Å². The molecule has 0 amide bonds. The van der Waals surface area contributed by atoms with E-state index in [9.17, 15) is 8.78 Å². The van der Waals surface area contributed by atoms with Gasteiger partial charge < -0.3 is 14.8 Å². The molecule has 4 nitrogen and oxygen atoms in total. The number of benzene rings is 1. The molecular formula is C15H14F2N2O2. The highest BCUT2D eigenvalue weighted by Gasteiger charge is 2.12. The monoisotopic (exact) mass is 292 g/mol. The lowest BCUT2D eigenvalue weighted by Crippen LogP contribution is -2.15. The molecule has 0 bridgehead atoms. The molecule has 110 valence electrons. The molecule has 6 heteroatoms. The average molecular weight is 292 g/mol. The molecule has 0 aliphatic carbocycles. The average Bonchev–Trinajstić information content (AvgIpc) is 2.50. The lowest BCUT2D eigenvalue weighted by atomic mass is 10.1. The van der Waals surface area contributed by atoms with Gasteiger partial charge >= 0.3 is 0 Å². The van der Waals surface area contributed by atoms with Gasteiger partial charge in [0.1, 0.15) is 18.9 Å². The fourth-order valence-corrected chi connectivity index (χ4v) is 2.16. The van der Waals surface area contributed by atoms with E-state index in [1.165, 1.54) is 0 Å². The number of anilines is 1. The Bertz CT molecular complexity index is 629. The molecule has 0 radical (unpaired) electrons. The van der Waals surface area contributed by atoms with Crippen LogP contribution in [0.25, 0.3) is 0 Å². The number of rotatable bonds is 4. The first kappa shape index (κ1) is 13.6. The summed E-state index contributed by atoms with van der Waals surface area (Å²) in [7, 11) is 0. The summed E-state index contributed by atoms with van der Waals surface area (Å²) < 4.78 is 37.7. The largest absolute Gasteiger partial charge is 0.486 e. The molecule has 21 heavy (non-hydrogen) atoms. The summed E-state index contributed by atoms with van der Waals surface area (Å²) >= 11 is 0. The molecule has 0 atom stereocenters. The third kappa shape index (κ3) is 3.04. The Labute approximate surface area is 120 Å². The standard InChI is InChI=1S/C15H14F2N2O2/c16-11-8-18-9-12(17)15(11)19-4-3-10-1-2-13-14(7-10)21-6-5-20-13/h1-2,7-9H,3-6H2,(H,18,19). The number of fused-ring (bicyclic) bond motifs is 1. The van der Waals surface area contributed by atoms with Gasteiger partial charge in [0.25, 0.3) is 0 Å². The van der Waals surface area contributed by atoms with Gasteiger partial charge in [0.05, 0.1) is 12.4 Å². The lowest BCUT2D eigenvalue weighted by molar-refractivity contribution is 0.171. The van der Waals surface area contributed by atoms with Gasteiger partial charge in [-0.2, -0.15) is 0 Å². The molecule has 2 heterocycles. The van der Waals surface area contributed by atoms with Crippen molar-refractivity contribution in [1.29, 1.82) is 0 Å². The summed E-state index contributed by atoms with van der Waals surface area (Å²) in [4.78, 5) is 3.44. The minimum atomic E-state index is -0.697. The van der Waals surface area contributed by atoms with E-state index >= 15 is 0 Å². The highest BCUT2D eigenvalue weighted by atomic mass is 19.1. The van der Waals surface area contributed by atoms with Gasteiger partial charge in [-0.15, -0.1) is 0 Å². The van der Waals surface area contributed by atoms with E-state index in [-0.39, 0.29) is 5.69 Å². The van der Waals surface area contributed by atoms with Gasteiger partial charge in [-0.05, 0) is 24.1 Å². The minimum absolute atomic E-state index is 0.150. The van der Waals surface area contributed by atoms with Crippen LogP contribution in [0.15, 0.2) is 30.6 Å². The maximum absolute atomic E-state index is 13.4. The Morgan fingerprint density at radius 1 is 1.05 bits per heavy atom. The summed E-state index contributed by atoms with van der Waals surface area (Å²) in [6, 6.07) is 5.64. The SMILES string of the molecule is Fc1cncc(F)c1NCCc1ccc2c(c1)OCCO2. The smallest absolute Gasteiger partial charge is 0.167 e. The van der Waals surface area contributed by atoms with Crippen molar-refractivity contribution in [3.8, 4) is 11.5 Å². The van der Waals surface area contributed by atoms with Crippen LogP contribution < -0.4 is 14.8 Å². The van der Waals surface area contributed by atoms with Gasteiger partial charge in [-0.25, -0.2) is 8.78 Å². The van der Waals surface area contributed by atoms with Crippen LogP contribution in [0.2, 0.25) is 0 Å². The van der Waals surface area contributed by atoms with Crippen LogP contribution in [0.4, 0.5) is 14.5 Å². The Balaban J connectivity index is 1.63. The molecule has 1 aromatic heterocycles. The number of pyridine rings is 1. The highest BCUT2D eigenvalue weighted by molar-refractivity contribution is 5.46. The Morgan fingerprint density at radius 3 is 2.52 bits per heavy atom. The molecule has 1 aliphatic heterocycles. The Morgan fingerprint density at radius 2 is 1.76 bits per heavy atom. The zero-order chi connectivity index (χ0) is 14.7. The maximum Gasteiger partial charge on any atom is 0.167 e. The molecule has 0 spiro atoms. The van der Waals surface area contributed by atoms with Gasteiger partial charge in [0.2, 0.25) is 0 Å². The molecule has 2 aromatic rings. The second kappa shape index (κ2) is 5.95. The number of nitrogens with one attached hydrogen (secondary N) is 1. The molecule has 1 aromatic carbocycles. The number of hydrogen-bond donors (Lipinski definition) is 1. The zero-order valence-electron chi connectivity index (χ0n) is 11.2. The van der Waals surface area contributed by atoms with Gasteiger partial charge in [-0.1, -0.05) is 6.07 Å². The van der Waals surface area contributed by atoms with Gasteiger partial charge in [0.15, 0.2) is 23.1 Å². The molecule has 0 saturated heterocycles. The van der Waals surface area contributed by atoms with Crippen LogP contribution in [0.1, 0.15) is 5.56 Å². The van der Waals surface area contributed by atoms with E-state index in [1.807, 2.05) is 18.2 Å². The van der Waals surface area contributed by atoms with Crippen molar-refractivity contribution < 1.29 is 18.3 Å². The first-order valence-corrected chi connectivity index (χ1v) is 6.65. The van der Waals surface area contributed by atoms with E-state index in [1.54, 1.807) is 0 Å². The Kier molecular flexibility index (Phi) is 3.85. The van der Waals surface area contributed by atoms with Crippen LogP contribution in [0.5, 0.6) is 11.5 Å². The summed E-state index contributed by atoms with van der Waals surface area (Å²) in [6.07, 6.45) is 2.57. The zero-order valence-corrected chi connectivity index (χ0v) is 11.2. The first-order chi connectivity index (χ1) is 10.2. The van der Waals surface area contributed by atoms with Crippen molar-refractivity contribution >= 4 is 5.69 Å². The highest BCUT2D eigenvalue weighted by Crippen LogP contribution is 2.30. The van der Waals surface area contributed by atoms with Crippen molar-refractivity contribution in [1.82, 2.24) is 4.98 Å². The van der Waals surface area contributed by atoms with E-state index in [0.29, 0.717) is 31.9 Å². The van der Waals surface area contributed by atoms with Crippen LogP contribution in [-0.4, -0.2) is 24.7 Å². The van der Waals surface area contributed by atoms with E-state index < -0.39 is 11.6 Å². The quantitative estimate of drug-likeness (QED) is 0.941. The van der Waals surface area contributed by atoms with Gasteiger partial charge in [-0.3, -0.25) is 4.98 Å².